The summed E-state index contributed by atoms with van der Waals surface area (Å²) >= 11 is 3.39. The second kappa shape index (κ2) is 3.97. The normalized spacial score (nSPS) is 19.0. The molecule has 1 aliphatic rings. The van der Waals surface area contributed by atoms with Crippen molar-refractivity contribution in [1.29, 1.82) is 0 Å². The minimum atomic E-state index is -0.402. The van der Waals surface area contributed by atoms with Crippen LogP contribution in [0.15, 0.2) is 28.7 Å². The monoisotopic (exact) mass is 267 g/mol. The van der Waals surface area contributed by atoms with E-state index in [2.05, 4.69) is 15.9 Å². The molecule has 1 aromatic carbocycles. The molecule has 0 unspecified atom stereocenters. The van der Waals surface area contributed by atoms with Crippen LogP contribution in [0.25, 0.3) is 0 Å². The van der Waals surface area contributed by atoms with Gasteiger partial charge in [0.2, 0.25) is 5.91 Å². The van der Waals surface area contributed by atoms with Crippen molar-refractivity contribution in [3.8, 4) is 0 Å². The molecule has 1 aromatic rings. The Morgan fingerprint density at radius 2 is 1.73 bits per heavy atom. The molecule has 2 nitrogen and oxygen atoms in total. The van der Waals surface area contributed by atoms with Crippen molar-refractivity contribution in [2.75, 3.05) is 0 Å². The van der Waals surface area contributed by atoms with E-state index in [9.17, 15) is 4.79 Å². The minimum absolute atomic E-state index is 0.178. The molecule has 80 valence electrons. The van der Waals surface area contributed by atoms with E-state index in [-0.39, 0.29) is 5.91 Å². The third-order valence-corrected chi connectivity index (χ3v) is 3.85. The number of benzene rings is 1. The van der Waals surface area contributed by atoms with Crippen LogP contribution in [-0.2, 0) is 10.2 Å². The van der Waals surface area contributed by atoms with Gasteiger partial charge in [0.15, 0.2) is 0 Å². The minimum Gasteiger partial charge on any atom is -0.369 e. The predicted molar refractivity (Wildman–Crippen MR) is 63.5 cm³/mol. The van der Waals surface area contributed by atoms with Gasteiger partial charge in [0, 0.05) is 4.47 Å². The van der Waals surface area contributed by atoms with E-state index in [1.807, 2.05) is 24.3 Å². The number of carbonyl (C=O) groups excluding carboxylic acids is 1. The van der Waals surface area contributed by atoms with Gasteiger partial charge in [0.1, 0.15) is 0 Å². The molecular formula is C12H14BrNO. The van der Waals surface area contributed by atoms with Crippen molar-refractivity contribution in [3.63, 3.8) is 0 Å². The number of carbonyl (C=O) groups is 1. The molecule has 0 saturated heterocycles. The van der Waals surface area contributed by atoms with Crippen LogP contribution in [-0.4, -0.2) is 5.91 Å². The molecule has 0 heterocycles. The summed E-state index contributed by atoms with van der Waals surface area (Å²) in [4.78, 5) is 11.6. The van der Waals surface area contributed by atoms with Gasteiger partial charge in [0.25, 0.3) is 0 Å². The second-order valence-corrected chi connectivity index (χ2v) is 5.08. The Morgan fingerprint density at radius 1 is 1.20 bits per heavy atom. The summed E-state index contributed by atoms with van der Waals surface area (Å²) < 4.78 is 1.03. The van der Waals surface area contributed by atoms with Crippen molar-refractivity contribution in [3.05, 3.63) is 34.3 Å². The van der Waals surface area contributed by atoms with Crippen LogP contribution in [0.4, 0.5) is 0 Å². The van der Waals surface area contributed by atoms with Crippen LogP contribution in [0.2, 0.25) is 0 Å². The van der Waals surface area contributed by atoms with E-state index in [0.717, 1.165) is 35.7 Å². The van der Waals surface area contributed by atoms with Crippen molar-refractivity contribution in [1.82, 2.24) is 0 Å². The fourth-order valence-corrected chi connectivity index (χ4v) is 2.69. The molecule has 1 fully saturated rings. The first-order valence-electron chi connectivity index (χ1n) is 5.21. The van der Waals surface area contributed by atoms with Crippen molar-refractivity contribution in [2.24, 2.45) is 5.73 Å². The Labute approximate surface area is 98.0 Å². The van der Waals surface area contributed by atoms with Crippen molar-refractivity contribution >= 4 is 21.8 Å². The van der Waals surface area contributed by atoms with E-state index >= 15 is 0 Å². The predicted octanol–water partition coefficient (Wildman–Crippen LogP) is 2.75. The van der Waals surface area contributed by atoms with Crippen LogP contribution in [0, 0.1) is 0 Å². The number of rotatable bonds is 2. The van der Waals surface area contributed by atoms with Crippen molar-refractivity contribution < 1.29 is 4.79 Å². The fraction of sp³-hybridized carbons (Fsp3) is 0.417. The fourth-order valence-electron chi connectivity index (χ4n) is 2.42. The van der Waals surface area contributed by atoms with Crippen molar-refractivity contribution in [2.45, 2.75) is 31.1 Å². The van der Waals surface area contributed by atoms with Gasteiger partial charge in [0.05, 0.1) is 5.41 Å². The molecule has 3 heteroatoms. The Kier molecular flexibility index (Phi) is 2.83. The Morgan fingerprint density at radius 3 is 2.20 bits per heavy atom. The summed E-state index contributed by atoms with van der Waals surface area (Å²) in [6.07, 6.45) is 3.98. The van der Waals surface area contributed by atoms with E-state index < -0.39 is 5.41 Å². The summed E-state index contributed by atoms with van der Waals surface area (Å²) in [6.45, 7) is 0. The number of halogens is 1. The lowest BCUT2D eigenvalue weighted by Gasteiger charge is -2.25. The Hall–Kier alpha value is -0.830. The lowest BCUT2D eigenvalue weighted by atomic mass is 9.78. The highest BCUT2D eigenvalue weighted by atomic mass is 79.9. The SMILES string of the molecule is NC(=O)C1(c2ccc(Br)cc2)CCCC1. The summed E-state index contributed by atoms with van der Waals surface area (Å²) in [7, 11) is 0. The maximum absolute atomic E-state index is 11.6. The average Bonchev–Trinajstić information content (AvgIpc) is 2.69. The highest BCUT2D eigenvalue weighted by Gasteiger charge is 2.40. The first kappa shape index (κ1) is 10.7. The topological polar surface area (TPSA) is 43.1 Å². The largest absolute Gasteiger partial charge is 0.369 e. The highest BCUT2D eigenvalue weighted by molar-refractivity contribution is 9.10. The molecule has 0 aliphatic heterocycles. The average molecular weight is 268 g/mol. The van der Waals surface area contributed by atoms with Gasteiger partial charge in [-0.25, -0.2) is 0 Å². The molecule has 1 amide bonds. The molecule has 2 rings (SSSR count). The van der Waals surface area contributed by atoms with Crippen LogP contribution >= 0.6 is 15.9 Å². The number of primary amides is 1. The smallest absolute Gasteiger partial charge is 0.228 e. The molecule has 0 radical (unpaired) electrons. The first-order chi connectivity index (χ1) is 7.15. The molecule has 15 heavy (non-hydrogen) atoms. The molecule has 0 atom stereocenters. The summed E-state index contributed by atoms with van der Waals surface area (Å²) in [5, 5.41) is 0. The van der Waals surface area contributed by atoms with E-state index in [1.165, 1.54) is 0 Å². The molecule has 2 N–H and O–H groups in total. The lowest BCUT2D eigenvalue weighted by Crippen LogP contribution is -2.38. The van der Waals surface area contributed by atoms with Crippen LogP contribution in [0.1, 0.15) is 31.2 Å². The maximum atomic E-state index is 11.6. The van der Waals surface area contributed by atoms with Crippen LogP contribution < -0.4 is 5.73 Å². The highest BCUT2D eigenvalue weighted by Crippen LogP contribution is 2.41. The Balaban J connectivity index is 2.41. The van der Waals surface area contributed by atoms with E-state index in [0.29, 0.717) is 0 Å². The van der Waals surface area contributed by atoms with E-state index in [1.54, 1.807) is 0 Å². The number of hydrogen-bond acceptors (Lipinski definition) is 1. The third kappa shape index (κ3) is 1.81. The quantitative estimate of drug-likeness (QED) is 0.880. The summed E-state index contributed by atoms with van der Waals surface area (Å²) in [6, 6.07) is 7.94. The van der Waals surface area contributed by atoms with Crippen LogP contribution in [0.5, 0.6) is 0 Å². The molecule has 0 bridgehead atoms. The number of nitrogens with two attached hydrogens (primary N) is 1. The first-order valence-corrected chi connectivity index (χ1v) is 6.00. The zero-order valence-electron chi connectivity index (χ0n) is 8.50. The molecule has 1 aliphatic carbocycles. The zero-order valence-corrected chi connectivity index (χ0v) is 10.1. The van der Waals surface area contributed by atoms with Gasteiger partial charge in [-0.1, -0.05) is 40.9 Å². The van der Waals surface area contributed by atoms with Gasteiger partial charge < -0.3 is 5.73 Å². The summed E-state index contributed by atoms with van der Waals surface area (Å²) in [5.74, 6) is -0.178. The third-order valence-electron chi connectivity index (χ3n) is 3.33. The molecule has 1 saturated carbocycles. The van der Waals surface area contributed by atoms with Gasteiger partial charge in [-0.05, 0) is 30.5 Å². The van der Waals surface area contributed by atoms with Gasteiger partial charge >= 0.3 is 0 Å². The lowest BCUT2D eigenvalue weighted by molar-refractivity contribution is -0.123. The van der Waals surface area contributed by atoms with Gasteiger partial charge in [-0.2, -0.15) is 0 Å². The molecular weight excluding hydrogens is 254 g/mol. The zero-order chi connectivity index (χ0) is 10.9. The number of amides is 1. The van der Waals surface area contributed by atoms with Crippen LogP contribution in [0.3, 0.4) is 0 Å². The van der Waals surface area contributed by atoms with Gasteiger partial charge in [-0.3, -0.25) is 4.79 Å². The Bertz CT molecular complexity index is 366. The maximum Gasteiger partial charge on any atom is 0.228 e. The molecule has 0 aromatic heterocycles. The number of hydrogen-bond donors (Lipinski definition) is 1. The second-order valence-electron chi connectivity index (χ2n) is 4.16. The van der Waals surface area contributed by atoms with E-state index in [4.69, 9.17) is 5.73 Å². The molecule has 0 spiro atoms. The van der Waals surface area contributed by atoms with Gasteiger partial charge in [-0.15, -0.1) is 0 Å². The summed E-state index contributed by atoms with van der Waals surface area (Å²) in [5.41, 5.74) is 6.22. The standard InChI is InChI=1S/C12H14BrNO/c13-10-5-3-9(4-6-10)12(11(14)15)7-1-2-8-12/h3-6H,1-2,7-8H2,(H2,14,15).